The first-order valence-electron chi connectivity index (χ1n) is 10.1. The van der Waals surface area contributed by atoms with Gasteiger partial charge in [-0.05, 0) is 35.7 Å². The number of hydrogen-bond donors (Lipinski definition) is 1. The van der Waals surface area contributed by atoms with E-state index in [0.717, 1.165) is 38.3 Å². The average molecular weight is 398 g/mol. The Hall–Kier alpha value is -2.57. The van der Waals surface area contributed by atoms with Crippen LogP contribution in [0, 0.1) is 6.92 Å². The van der Waals surface area contributed by atoms with Gasteiger partial charge in [-0.15, -0.1) is 0 Å². The van der Waals surface area contributed by atoms with Gasteiger partial charge in [-0.3, -0.25) is 14.6 Å². The van der Waals surface area contributed by atoms with Crippen molar-refractivity contribution in [2.24, 2.45) is 0 Å². The Labute approximate surface area is 173 Å². The van der Waals surface area contributed by atoms with Gasteiger partial charge in [-0.1, -0.05) is 30.3 Å². The van der Waals surface area contributed by atoms with Crippen LogP contribution in [0.4, 0.5) is 0 Å². The minimum atomic E-state index is 0.0483. The van der Waals surface area contributed by atoms with Gasteiger partial charge in [-0.25, -0.2) is 0 Å². The summed E-state index contributed by atoms with van der Waals surface area (Å²) in [5.41, 5.74) is 3.71. The highest BCUT2D eigenvalue weighted by Gasteiger charge is 2.19. The lowest BCUT2D eigenvalue weighted by Gasteiger charge is -2.34. The van der Waals surface area contributed by atoms with E-state index >= 15 is 0 Å². The van der Waals surface area contributed by atoms with E-state index in [2.05, 4.69) is 46.3 Å². The van der Waals surface area contributed by atoms with Crippen molar-refractivity contribution in [2.45, 2.75) is 20.0 Å². The number of nitrogens with one attached hydrogen (secondary N) is 1. The summed E-state index contributed by atoms with van der Waals surface area (Å²) < 4.78 is 10.6. The van der Waals surface area contributed by atoms with Gasteiger partial charge in [0.05, 0.1) is 20.8 Å². The third kappa shape index (κ3) is 5.95. The second-order valence-electron chi connectivity index (χ2n) is 7.44. The molecule has 0 bridgehead atoms. The van der Waals surface area contributed by atoms with E-state index in [1.165, 1.54) is 11.1 Å². The second-order valence-corrected chi connectivity index (χ2v) is 7.44. The average Bonchev–Trinajstić information content (AvgIpc) is 2.75. The number of nitrogens with zero attached hydrogens (tertiary/aromatic N) is 2. The quantitative estimate of drug-likeness (QED) is 0.742. The van der Waals surface area contributed by atoms with Crippen molar-refractivity contribution in [3.63, 3.8) is 0 Å². The van der Waals surface area contributed by atoms with Gasteiger partial charge in [0, 0.05) is 39.3 Å². The molecule has 6 heteroatoms. The van der Waals surface area contributed by atoms with Crippen molar-refractivity contribution >= 4 is 5.91 Å². The number of hydrogen-bond acceptors (Lipinski definition) is 5. The fraction of sp³-hybridized carbons (Fsp3) is 0.435. The van der Waals surface area contributed by atoms with E-state index < -0.39 is 0 Å². The summed E-state index contributed by atoms with van der Waals surface area (Å²) in [7, 11) is 3.22. The highest BCUT2D eigenvalue weighted by Crippen LogP contribution is 2.27. The van der Waals surface area contributed by atoms with Crippen LogP contribution in [-0.2, 0) is 17.9 Å². The number of aryl methyl sites for hydroxylation is 1. The Kier molecular flexibility index (Phi) is 7.49. The zero-order chi connectivity index (χ0) is 20.6. The lowest BCUT2D eigenvalue weighted by Crippen LogP contribution is -2.49. The molecule has 2 aromatic rings. The summed E-state index contributed by atoms with van der Waals surface area (Å²) in [6.45, 7) is 7.85. The van der Waals surface area contributed by atoms with E-state index in [1.807, 2.05) is 18.2 Å². The van der Waals surface area contributed by atoms with Crippen molar-refractivity contribution in [1.82, 2.24) is 15.1 Å². The summed E-state index contributed by atoms with van der Waals surface area (Å²) in [4.78, 5) is 17.0. The Balaban J connectivity index is 1.41. The molecule has 0 aromatic heterocycles. The molecule has 1 aliphatic rings. The van der Waals surface area contributed by atoms with Gasteiger partial charge in [0.1, 0.15) is 0 Å². The van der Waals surface area contributed by atoms with Crippen LogP contribution in [0.2, 0.25) is 0 Å². The Morgan fingerprint density at radius 3 is 2.34 bits per heavy atom. The highest BCUT2D eigenvalue weighted by molar-refractivity contribution is 5.78. The van der Waals surface area contributed by atoms with E-state index in [1.54, 1.807) is 14.2 Å². The summed E-state index contributed by atoms with van der Waals surface area (Å²) >= 11 is 0. The van der Waals surface area contributed by atoms with Gasteiger partial charge in [0.15, 0.2) is 11.5 Å². The van der Waals surface area contributed by atoms with Crippen LogP contribution in [0.25, 0.3) is 0 Å². The molecule has 29 heavy (non-hydrogen) atoms. The Bertz CT molecular complexity index is 817. The largest absolute Gasteiger partial charge is 0.493 e. The molecule has 3 rings (SSSR count). The Morgan fingerprint density at radius 2 is 1.66 bits per heavy atom. The molecule has 2 aromatic carbocycles. The normalized spacial score (nSPS) is 15.1. The summed E-state index contributed by atoms with van der Waals surface area (Å²) in [6, 6.07) is 14.2. The van der Waals surface area contributed by atoms with Crippen molar-refractivity contribution in [1.29, 1.82) is 0 Å². The standard InChI is InChI=1S/C23H31N3O3/c1-18-6-4-5-7-20(18)16-25-10-12-26(13-11-25)17-23(27)24-15-19-8-9-21(28-2)22(14-19)29-3/h4-9,14H,10-13,15-17H2,1-3H3,(H,24,27). The minimum Gasteiger partial charge on any atom is -0.493 e. The second kappa shape index (κ2) is 10.3. The van der Waals surface area contributed by atoms with Gasteiger partial charge in [-0.2, -0.15) is 0 Å². The smallest absolute Gasteiger partial charge is 0.234 e. The molecule has 0 spiro atoms. The maximum Gasteiger partial charge on any atom is 0.234 e. The van der Waals surface area contributed by atoms with E-state index in [-0.39, 0.29) is 5.91 Å². The third-order valence-corrected chi connectivity index (χ3v) is 5.42. The number of benzene rings is 2. The molecule has 156 valence electrons. The number of carbonyl (C=O) groups is 1. The van der Waals surface area contributed by atoms with Crippen LogP contribution < -0.4 is 14.8 Å². The van der Waals surface area contributed by atoms with Gasteiger partial charge in [0.2, 0.25) is 5.91 Å². The molecule has 1 fully saturated rings. The van der Waals surface area contributed by atoms with E-state index in [4.69, 9.17) is 9.47 Å². The maximum absolute atomic E-state index is 12.4. The van der Waals surface area contributed by atoms with Crippen LogP contribution in [0.5, 0.6) is 11.5 Å². The predicted molar refractivity (Wildman–Crippen MR) is 114 cm³/mol. The van der Waals surface area contributed by atoms with E-state index in [0.29, 0.717) is 24.6 Å². The van der Waals surface area contributed by atoms with Crippen molar-refractivity contribution < 1.29 is 14.3 Å². The molecule has 0 aliphatic carbocycles. The molecule has 1 heterocycles. The number of ether oxygens (including phenoxy) is 2. The van der Waals surface area contributed by atoms with Gasteiger partial charge in [0.25, 0.3) is 0 Å². The fourth-order valence-corrected chi connectivity index (χ4v) is 3.58. The SMILES string of the molecule is COc1ccc(CNC(=O)CN2CCN(Cc3ccccc3C)CC2)cc1OC. The van der Waals surface area contributed by atoms with Crippen molar-refractivity contribution in [3.8, 4) is 11.5 Å². The first-order chi connectivity index (χ1) is 14.1. The molecule has 0 saturated carbocycles. The lowest BCUT2D eigenvalue weighted by atomic mass is 10.1. The molecule has 6 nitrogen and oxygen atoms in total. The third-order valence-electron chi connectivity index (χ3n) is 5.42. The predicted octanol–water partition coefficient (Wildman–Crippen LogP) is 2.45. The molecule has 1 amide bonds. The first-order valence-corrected chi connectivity index (χ1v) is 10.1. The number of carbonyl (C=O) groups excluding carboxylic acids is 1. The summed E-state index contributed by atoms with van der Waals surface area (Å²) in [6.07, 6.45) is 0. The van der Waals surface area contributed by atoms with Crippen LogP contribution in [0.3, 0.4) is 0 Å². The van der Waals surface area contributed by atoms with Gasteiger partial charge >= 0.3 is 0 Å². The van der Waals surface area contributed by atoms with Crippen LogP contribution in [0.15, 0.2) is 42.5 Å². The minimum absolute atomic E-state index is 0.0483. The maximum atomic E-state index is 12.4. The van der Waals surface area contributed by atoms with Crippen molar-refractivity contribution in [3.05, 3.63) is 59.2 Å². The molecular formula is C23H31N3O3. The topological polar surface area (TPSA) is 54.0 Å². The highest BCUT2D eigenvalue weighted by atomic mass is 16.5. The first kappa shape index (κ1) is 21.1. The zero-order valence-electron chi connectivity index (χ0n) is 17.6. The summed E-state index contributed by atoms with van der Waals surface area (Å²) in [5, 5.41) is 3.00. The molecular weight excluding hydrogens is 366 g/mol. The molecule has 0 radical (unpaired) electrons. The molecule has 0 atom stereocenters. The number of amides is 1. The van der Waals surface area contributed by atoms with Crippen LogP contribution >= 0.6 is 0 Å². The molecule has 1 saturated heterocycles. The molecule has 1 aliphatic heterocycles. The van der Waals surface area contributed by atoms with E-state index in [9.17, 15) is 4.79 Å². The number of rotatable bonds is 8. The lowest BCUT2D eigenvalue weighted by molar-refractivity contribution is -0.122. The number of methoxy groups -OCH3 is 2. The molecule has 0 unspecified atom stereocenters. The van der Waals surface area contributed by atoms with Crippen molar-refractivity contribution in [2.75, 3.05) is 46.9 Å². The number of piperazine rings is 1. The summed E-state index contributed by atoms with van der Waals surface area (Å²) in [5.74, 6) is 1.40. The van der Waals surface area contributed by atoms with Crippen LogP contribution in [-0.4, -0.2) is 62.7 Å². The Morgan fingerprint density at radius 1 is 0.966 bits per heavy atom. The van der Waals surface area contributed by atoms with Crippen LogP contribution in [0.1, 0.15) is 16.7 Å². The molecule has 1 N–H and O–H groups in total. The zero-order valence-corrected chi connectivity index (χ0v) is 17.6. The van der Waals surface area contributed by atoms with Gasteiger partial charge < -0.3 is 14.8 Å². The fourth-order valence-electron chi connectivity index (χ4n) is 3.58. The monoisotopic (exact) mass is 397 g/mol.